The lowest BCUT2D eigenvalue weighted by molar-refractivity contribution is -0.131. The number of hydrogen-bond acceptors (Lipinski definition) is 1. The highest BCUT2D eigenvalue weighted by Crippen LogP contribution is 2.31. The third-order valence-corrected chi connectivity index (χ3v) is 3.59. The fourth-order valence-electron chi connectivity index (χ4n) is 2.41. The van der Waals surface area contributed by atoms with Crippen LogP contribution in [0.3, 0.4) is 0 Å². The molecule has 0 heterocycles. The second kappa shape index (κ2) is 4.45. The van der Waals surface area contributed by atoms with E-state index in [1.54, 1.807) is 0 Å². The third kappa shape index (κ3) is 2.10. The molecule has 92 valence electrons. The van der Waals surface area contributed by atoms with Crippen LogP contribution in [0, 0.1) is 5.92 Å². The van der Waals surface area contributed by atoms with Gasteiger partial charge in [-0.25, -0.2) is 0 Å². The zero-order valence-corrected chi connectivity index (χ0v) is 10.6. The van der Waals surface area contributed by atoms with Gasteiger partial charge in [-0.1, -0.05) is 42.5 Å². The SMILES string of the molecule is CN(Cc1cccc2ccccc12)C(=O)C1CC1. The highest BCUT2D eigenvalue weighted by atomic mass is 16.2. The van der Waals surface area contributed by atoms with Crippen molar-refractivity contribution in [3.63, 3.8) is 0 Å². The van der Waals surface area contributed by atoms with Crippen molar-refractivity contribution in [1.82, 2.24) is 4.90 Å². The van der Waals surface area contributed by atoms with E-state index in [9.17, 15) is 4.79 Å². The summed E-state index contributed by atoms with van der Waals surface area (Å²) in [5, 5.41) is 2.48. The Morgan fingerprint density at radius 3 is 2.67 bits per heavy atom. The Labute approximate surface area is 107 Å². The van der Waals surface area contributed by atoms with Gasteiger partial charge >= 0.3 is 0 Å². The summed E-state index contributed by atoms with van der Waals surface area (Å²) in [6.07, 6.45) is 2.14. The Kier molecular flexibility index (Phi) is 2.78. The molecule has 0 aromatic heterocycles. The molecule has 1 aliphatic rings. The summed E-state index contributed by atoms with van der Waals surface area (Å²) in [4.78, 5) is 13.8. The molecule has 2 aromatic rings. The van der Waals surface area contributed by atoms with Crippen LogP contribution in [-0.4, -0.2) is 17.9 Å². The Hall–Kier alpha value is -1.83. The minimum Gasteiger partial charge on any atom is -0.341 e. The van der Waals surface area contributed by atoms with Gasteiger partial charge in [0.15, 0.2) is 0 Å². The third-order valence-electron chi connectivity index (χ3n) is 3.59. The van der Waals surface area contributed by atoms with Gasteiger partial charge in [-0.05, 0) is 29.2 Å². The number of hydrogen-bond donors (Lipinski definition) is 0. The summed E-state index contributed by atoms with van der Waals surface area (Å²) >= 11 is 0. The molecule has 0 spiro atoms. The molecule has 0 radical (unpaired) electrons. The fraction of sp³-hybridized carbons (Fsp3) is 0.312. The summed E-state index contributed by atoms with van der Waals surface area (Å²) in [6.45, 7) is 0.705. The summed E-state index contributed by atoms with van der Waals surface area (Å²) < 4.78 is 0. The Morgan fingerprint density at radius 2 is 1.89 bits per heavy atom. The van der Waals surface area contributed by atoms with Crippen molar-refractivity contribution in [1.29, 1.82) is 0 Å². The predicted octanol–water partition coefficient (Wildman–Crippen LogP) is 3.21. The average Bonchev–Trinajstić information content (AvgIpc) is 3.22. The molecule has 18 heavy (non-hydrogen) atoms. The number of nitrogens with zero attached hydrogens (tertiary/aromatic N) is 1. The van der Waals surface area contributed by atoms with Crippen molar-refractivity contribution in [2.75, 3.05) is 7.05 Å². The van der Waals surface area contributed by atoms with Gasteiger partial charge in [0.05, 0.1) is 0 Å². The number of rotatable bonds is 3. The monoisotopic (exact) mass is 239 g/mol. The molecule has 0 bridgehead atoms. The molecule has 2 aromatic carbocycles. The van der Waals surface area contributed by atoms with E-state index in [1.165, 1.54) is 16.3 Å². The normalized spacial score (nSPS) is 14.7. The van der Waals surface area contributed by atoms with Crippen molar-refractivity contribution < 1.29 is 4.79 Å². The van der Waals surface area contributed by atoms with E-state index in [0.29, 0.717) is 18.4 Å². The van der Waals surface area contributed by atoms with Crippen LogP contribution in [-0.2, 0) is 11.3 Å². The molecule has 2 nitrogen and oxygen atoms in total. The number of carbonyl (C=O) groups is 1. The first-order valence-electron chi connectivity index (χ1n) is 6.47. The Bertz CT molecular complexity index is 581. The van der Waals surface area contributed by atoms with E-state index in [2.05, 4.69) is 36.4 Å². The van der Waals surface area contributed by atoms with Gasteiger partial charge < -0.3 is 4.90 Å². The summed E-state index contributed by atoms with van der Waals surface area (Å²) in [6, 6.07) is 14.6. The number of fused-ring (bicyclic) bond motifs is 1. The first kappa shape index (κ1) is 11.3. The van der Waals surface area contributed by atoms with Gasteiger partial charge in [0.25, 0.3) is 0 Å². The van der Waals surface area contributed by atoms with E-state index in [1.807, 2.05) is 18.0 Å². The maximum atomic E-state index is 12.0. The highest BCUT2D eigenvalue weighted by Gasteiger charge is 2.31. The van der Waals surface area contributed by atoms with E-state index < -0.39 is 0 Å². The highest BCUT2D eigenvalue weighted by molar-refractivity contribution is 5.86. The molecule has 0 saturated heterocycles. The topological polar surface area (TPSA) is 20.3 Å². The van der Waals surface area contributed by atoms with Gasteiger partial charge in [0.1, 0.15) is 0 Å². The lowest BCUT2D eigenvalue weighted by Gasteiger charge is -2.18. The van der Waals surface area contributed by atoms with Crippen molar-refractivity contribution >= 4 is 16.7 Å². The molecule has 1 fully saturated rings. The summed E-state index contributed by atoms with van der Waals surface area (Å²) in [7, 11) is 1.91. The van der Waals surface area contributed by atoms with Crippen LogP contribution in [0.5, 0.6) is 0 Å². The molecule has 1 saturated carbocycles. The van der Waals surface area contributed by atoms with Gasteiger partial charge in [0.2, 0.25) is 5.91 Å². The summed E-state index contributed by atoms with van der Waals surface area (Å²) in [5.41, 5.74) is 1.23. The van der Waals surface area contributed by atoms with Crippen LogP contribution in [0.25, 0.3) is 10.8 Å². The molecule has 3 rings (SSSR count). The van der Waals surface area contributed by atoms with Crippen LogP contribution in [0.1, 0.15) is 18.4 Å². The lowest BCUT2D eigenvalue weighted by Crippen LogP contribution is -2.27. The quantitative estimate of drug-likeness (QED) is 0.805. The van der Waals surface area contributed by atoms with E-state index in [-0.39, 0.29) is 0 Å². The molecule has 0 unspecified atom stereocenters. The maximum Gasteiger partial charge on any atom is 0.225 e. The van der Waals surface area contributed by atoms with Crippen molar-refractivity contribution in [2.45, 2.75) is 19.4 Å². The largest absolute Gasteiger partial charge is 0.341 e. The van der Waals surface area contributed by atoms with Gasteiger partial charge in [0, 0.05) is 19.5 Å². The van der Waals surface area contributed by atoms with Crippen molar-refractivity contribution in [3.05, 3.63) is 48.0 Å². The smallest absolute Gasteiger partial charge is 0.225 e. The van der Waals surface area contributed by atoms with E-state index in [4.69, 9.17) is 0 Å². The lowest BCUT2D eigenvalue weighted by atomic mass is 10.0. The van der Waals surface area contributed by atoms with Crippen LogP contribution in [0.4, 0.5) is 0 Å². The van der Waals surface area contributed by atoms with Gasteiger partial charge in [-0.15, -0.1) is 0 Å². The van der Waals surface area contributed by atoms with Crippen molar-refractivity contribution in [3.8, 4) is 0 Å². The first-order chi connectivity index (χ1) is 8.75. The Morgan fingerprint density at radius 1 is 1.17 bits per heavy atom. The van der Waals surface area contributed by atoms with Crippen molar-refractivity contribution in [2.24, 2.45) is 5.92 Å². The minimum atomic E-state index is 0.294. The molecule has 0 aliphatic heterocycles. The second-order valence-corrected chi connectivity index (χ2v) is 5.11. The molecule has 2 heteroatoms. The molecule has 1 amide bonds. The Balaban J connectivity index is 1.87. The van der Waals surface area contributed by atoms with Crippen LogP contribution in [0.2, 0.25) is 0 Å². The van der Waals surface area contributed by atoms with E-state index in [0.717, 1.165) is 12.8 Å². The standard InChI is InChI=1S/C16H17NO/c1-17(16(18)13-9-10-13)11-14-7-4-6-12-5-2-3-8-15(12)14/h2-8,13H,9-11H2,1H3. The zero-order chi connectivity index (χ0) is 12.5. The minimum absolute atomic E-state index is 0.294. The molecule has 0 N–H and O–H groups in total. The predicted molar refractivity (Wildman–Crippen MR) is 73.1 cm³/mol. The first-order valence-corrected chi connectivity index (χ1v) is 6.47. The second-order valence-electron chi connectivity index (χ2n) is 5.11. The zero-order valence-electron chi connectivity index (χ0n) is 10.6. The van der Waals surface area contributed by atoms with Gasteiger partial charge in [-0.2, -0.15) is 0 Å². The number of benzene rings is 2. The summed E-state index contributed by atoms with van der Waals surface area (Å²) in [5.74, 6) is 0.591. The van der Waals surface area contributed by atoms with Gasteiger partial charge in [-0.3, -0.25) is 4.79 Å². The number of carbonyl (C=O) groups excluding carboxylic acids is 1. The fourth-order valence-corrected chi connectivity index (χ4v) is 2.41. The molecular weight excluding hydrogens is 222 g/mol. The molecule has 0 atom stereocenters. The molecular formula is C16H17NO. The average molecular weight is 239 g/mol. The van der Waals surface area contributed by atoms with Crippen LogP contribution >= 0.6 is 0 Å². The maximum absolute atomic E-state index is 12.0. The number of amides is 1. The van der Waals surface area contributed by atoms with Crippen LogP contribution < -0.4 is 0 Å². The molecule has 1 aliphatic carbocycles. The van der Waals surface area contributed by atoms with E-state index >= 15 is 0 Å². The van der Waals surface area contributed by atoms with Crippen LogP contribution in [0.15, 0.2) is 42.5 Å².